The Hall–Kier alpha value is -5.23. The van der Waals surface area contributed by atoms with E-state index in [4.69, 9.17) is 28.2 Å². The Bertz CT molecular complexity index is 1770. The zero-order valence-corrected chi connectivity index (χ0v) is 22.8. The van der Waals surface area contributed by atoms with Crippen LogP contribution < -0.4 is 19.6 Å². The van der Waals surface area contributed by atoms with E-state index < -0.39 is 23.9 Å². The average molecular weight is 577 g/mol. The molecule has 1 atom stereocenters. The van der Waals surface area contributed by atoms with Crippen molar-refractivity contribution in [2.45, 2.75) is 19.9 Å². The minimum Gasteiger partial charge on any atom is -0.481 e. The van der Waals surface area contributed by atoms with E-state index in [1.54, 1.807) is 55.5 Å². The third-order valence-electron chi connectivity index (χ3n) is 5.52. The Kier molecular flexibility index (Phi) is 8.95. The number of aliphatic carboxylic acids is 1. The van der Waals surface area contributed by atoms with Crippen molar-refractivity contribution in [1.82, 2.24) is 4.57 Å². The molecule has 4 heterocycles. The number of allylic oxidation sites excluding steroid dienone is 1. The smallest absolute Gasteiger partial charge is 0.379 e. The van der Waals surface area contributed by atoms with E-state index in [-0.39, 0.29) is 29.2 Å². The number of hydrogen-bond donors (Lipinski definition) is 1. The standard InChI is InChI=1S/C27H20N2O7S.C2H4O2/c1-3-12-35-26(32)22-16(2)28-27-29(24(30)21(37-27)15-19-6-4-13-33-19)23(22)17-8-10-18(11-9-17)36-25(31)20-7-5-14-34-20;1-2(3)4/h3-11,13-15,23H,1,12H2,2H3;1H3,(H,3,4). The van der Waals surface area contributed by atoms with Crippen LogP contribution in [-0.2, 0) is 14.3 Å². The zero-order chi connectivity index (χ0) is 29.5. The van der Waals surface area contributed by atoms with Gasteiger partial charge in [0.1, 0.15) is 18.1 Å². The summed E-state index contributed by atoms with van der Waals surface area (Å²) in [6, 6.07) is 12.3. The Morgan fingerprint density at radius 2 is 1.78 bits per heavy atom. The van der Waals surface area contributed by atoms with Crippen molar-refractivity contribution in [3.05, 3.63) is 122 Å². The molecule has 0 amide bonds. The molecule has 1 aliphatic heterocycles. The normalized spacial score (nSPS) is 14.3. The molecule has 210 valence electrons. The lowest BCUT2D eigenvalue weighted by Crippen LogP contribution is -2.39. The molecule has 0 aliphatic carbocycles. The summed E-state index contributed by atoms with van der Waals surface area (Å²) in [4.78, 5) is 52.8. The number of rotatable bonds is 7. The Balaban J connectivity index is 0.000000909. The van der Waals surface area contributed by atoms with Crippen molar-refractivity contribution in [1.29, 1.82) is 0 Å². The number of ether oxygens (including phenoxy) is 2. The number of furan rings is 2. The number of hydrogen-bond acceptors (Lipinski definition) is 10. The molecule has 1 unspecified atom stereocenters. The van der Waals surface area contributed by atoms with Gasteiger partial charge < -0.3 is 23.4 Å². The number of carbonyl (C=O) groups excluding carboxylic acids is 2. The maximum atomic E-state index is 13.5. The Morgan fingerprint density at radius 3 is 2.39 bits per heavy atom. The third kappa shape index (κ3) is 6.68. The van der Waals surface area contributed by atoms with Gasteiger partial charge in [-0.15, -0.1) is 0 Å². The fraction of sp³-hybridized carbons (Fsp3) is 0.138. The van der Waals surface area contributed by atoms with Crippen LogP contribution in [-0.4, -0.2) is 34.2 Å². The molecule has 0 saturated carbocycles. The molecule has 0 bridgehead atoms. The highest BCUT2D eigenvalue weighted by Crippen LogP contribution is 2.31. The van der Waals surface area contributed by atoms with Gasteiger partial charge in [-0.2, -0.15) is 0 Å². The number of thiazole rings is 1. The van der Waals surface area contributed by atoms with E-state index in [1.165, 1.54) is 40.6 Å². The lowest BCUT2D eigenvalue weighted by molar-refractivity contribution is -0.138. The van der Waals surface area contributed by atoms with Crippen LogP contribution in [0.2, 0.25) is 0 Å². The third-order valence-corrected chi connectivity index (χ3v) is 6.50. The first kappa shape index (κ1) is 28.8. The van der Waals surface area contributed by atoms with Crippen LogP contribution in [0.25, 0.3) is 6.08 Å². The minimum absolute atomic E-state index is 0.00686. The number of fused-ring (bicyclic) bond motifs is 1. The summed E-state index contributed by atoms with van der Waals surface area (Å²) in [5, 5.41) is 7.42. The molecular weight excluding hydrogens is 552 g/mol. The predicted octanol–water partition coefficient (Wildman–Crippen LogP) is 3.46. The molecule has 4 aromatic rings. The van der Waals surface area contributed by atoms with Gasteiger partial charge in [0.05, 0.1) is 34.4 Å². The van der Waals surface area contributed by atoms with Crippen molar-refractivity contribution in [2.24, 2.45) is 4.99 Å². The van der Waals surface area contributed by atoms with Crippen LogP contribution in [0, 0.1) is 0 Å². The first-order valence-corrected chi connectivity index (χ1v) is 12.9. The summed E-state index contributed by atoms with van der Waals surface area (Å²) in [5.41, 5.74) is 0.917. The second-order valence-electron chi connectivity index (χ2n) is 8.44. The van der Waals surface area contributed by atoms with Crippen molar-refractivity contribution in [3.8, 4) is 5.75 Å². The summed E-state index contributed by atoms with van der Waals surface area (Å²) < 4.78 is 23.0. The molecular formula is C29H24N2O9S. The molecule has 5 rings (SSSR count). The molecule has 0 saturated heterocycles. The maximum absolute atomic E-state index is 13.5. The van der Waals surface area contributed by atoms with E-state index >= 15 is 0 Å². The average Bonchev–Trinajstić information content (AvgIpc) is 3.70. The zero-order valence-electron chi connectivity index (χ0n) is 21.9. The second kappa shape index (κ2) is 12.7. The highest BCUT2D eigenvalue weighted by molar-refractivity contribution is 7.07. The van der Waals surface area contributed by atoms with Crippen LogP contribution in [0.5, 0.6) is 5.75 Å². The van der Waals surface area contributed by atoms with Crippen molar-refractivity contribution in [3.63, 3.8) is 0 Å². The lowest BCUT2D eigenvalue weighted by Gasteiger charge is -2.24. The number of esters is 2. The topological polar surface area (TPSA) is 151 Å². The van der Waals surface area contributed by atoms with Crippen molar-refractivity contribution < 1.29 is 37.8 Å². The predicted molar refractivity (Wildman–Crippen MR) is 147 cm³/mol. The largest absolute Gasteiger partial charge is 0.481 e. The molecule has 0 fully saturated rings. The van der Waals surface area contributed by atoms with Gasteiger partial charge >= 0.3 is 11.9 Å². The molecule has 11 nitrogen and oxygen atoms in total. The van der Waals surface area contributed by atoms with Gasteiger partial charge in [0.2, 0.25) is 5.76 Å². The Labute approximate surface area is 236 Å². The molecule has 12 heteroatoms. The van der Waals surface area contributed by atoms with Crippen LogP contribution in [0.3, 0.4) is 0 Å². The van der Waals surface area contributed by atoms with Gasteiger partial charge in [0.15, 0.2) is 4.80 Å². The van der Waals surface area contributed by atoms with Gasteiger partial charge in [0, 0.05) is 13.0 Å². The van der Waals surface area contributed by atoms with E-state index in [0.717, 1.165) is 6.92 Å². The SMILES string of the molecule is C=CCOC(=O)C1=C(C)N=c2sc(=Cc3ccco3)c(=O)n2C1c1ccc(OC(=O)c2ccco2)cc1.CC(=O)O. The summed E-state index contributed by atoms with van der Waals surface area (Å²) in [6.45, 7) is 6.37. The summed E-state index contributed by atoms with van der Waals surface area (Å²) in [6.07, 6.45) is 5.99. The van der Waals surface area contributed by atoms with Gasteiger partial charge in [-0.1, -0.05) is 36.1 Å². The van der Waals surface area contributed by atoms with E-state index in [1.807, 2.05) is 0 Å². The first-order chi connectivity index (χ1) is 19.7. The molecule has 0 spiro atoms. The Morgan fingerprint density at radius 1 is 1.10 bits per heavy atom. The monoisotopic (exact) mass is 576 g/mol. The molecule has 3 aromatic heterocycles. The summed E-state index contributed by atoms with van der Waals surface area (Å²) in [5.74, 6) is -1.23. The molecule has 1 N–H and O–H groups in total. The molecule has 1 aliphatic rings. The van der Waals surface area contributed by atoms with Crippen molar-refractivity contribution in [2.75, 3.05) is 6.61 Å². The minimum atomic E-state index is -0.833. The van der Waals surface area contributed by atoms with E-state index in [2.05, 4.69) is 11.6 Å². The fourth-order valence-corrected chi connectivity index (χ4v) is 4.91. The maximum Gasteiger partial charge on any atom is 0.379 e. The number of aromatic nitrogens is 1. The van der Waals surface area contributed by atoms with Crippen LogP contribution >= 0.6 is 11.3 Å². The molecule has 0 radical (unpaired) electrons. The van der Waals surface area contributed by atoms with Crippen LogP contribution in [0.1, 0.15) is 41.8 Å². The number of carbonyl (C=O) groups is 3. The number of carboxylic acid groups (broad SMARTS) is 1. The van der Waals surface area contributed by atoms with Crippen LogP contribution in [0.15, 0.2) is 104 Å². The lowest BCUT2D eigenvalue weighted by atomic mass is 9.96. The summed E-state index contributed by atoms with van der Waals surface area (Å²) >= 11 is 1.19. The highest BCUT2D eigenvalue weighted by Gasteiger charge is 2.33. The molecule has 1 aromatic carbocycles. The van der Waals surface area contributed by atoms with Gasteiger partial charge in [0.25, 0.3) is 11.5 Å². The van der Waals surface area contributed by atoms with Gasteiger partial charge in [-0.25, -0.2) is 14.6 Å². The van der Waals surface area contributed by atoms with Crippen molar-refractivity contribution >= 4 is 35.3 Å². The van der Waals surface area contributed by atoms with Crippen LogP contribution in [0.4, 0.5) is 0 Å². The number of benzene rings is 1. The summed E-state index contributed by atoms with van der Waals surface area (Å²) in [7, 11) is 0. The quantitative estimate of drug-likeness (QED) is 0.198. The molecule has 41 heavy (non-hydrogen) atoms. The van der Waals surface area contributed by atoms with E-state index in [9.17, 15) is 14.4 Å². The highest BCUT2D eigenvalue weighted by atomic mass is 32.1. The van der Waals surface area contributed by atoms with Gasteiger partial charge in [-0.3, -0.25) is 14.2 Å². The van der Waals surface area contributed by atoms with Gasteiger partial charge in [-0.05, 0) is 48.9 Å². The van der Waals surface area contributed by atoms with E-state index in [0.29, 0.717) is 26.4 Å². The number of carboxylic acids is 1. The number of nitrogens with zero attached hydrogens (tertiary/aromatic N) is 2. The first-order valence-electron chi connectivity index (χ1n) is 12.1. The second-order valence-corrected chi connectivity index (χ2v) is 9.45. The fourth-order valence-electron chi connectivity index (χ4n) is 3.88.